The molecule has 8 nitrogen and oxygen atoms in total. The lowest BCUT2D eigenvalue weighted by Gasteiger charge is -2.09. The minimum Gasteiger partial charge on any atom is -0.267 e. The second-order valence-corrected chi connectivity index (χ2v) is 8.10. The minimum absolute atomic E-state index is 0.119. The van der Waals surface area contributed by atoms with Gasteiger partial charge < -0.3 is 0 Å². The van der Waals surface area contributed by atoms with Crippen LogP contribution in [0.2, 0.25) is 10.2 Å². The summed E-state index contributed by atoms with van der Waals surface area (Å²) in [5, 5.41) is 14.5. The molecule has 0 radical (unpaired) electrons. The molecule has 0 saturated heterocycles. The van der Waals surface area contributed by atoms with Crippen molar-refractivity contribution < 1.29 is 4.79 Å². The summed E-state index contributed by atoms with van der Waals surface area (Å²) in [5.74, 6) is -0.539. The van der Waals surface area contributed by atoms with Gasteiger partial charge in [0.1, 0.15) is 5.15 Å². The molecule has 0 aliphatic carbocycles. The van der Waals surface area contributed by atoms with Crippen LogP contribution in [0.5, 0.6) is 0 Å². The van der Waals surface area contributed by atoms with E-state index in [9.17, 15) is 9.59 Å². The molecule has 0 bridgehead atoms. The number of hydrazone groups is 1. The normalized spacial score (nSPS) is 11.4. The molecule has 0 spiro atoms. The Morgan fingerprint density at radius 1 is 1.12 bits per heavy atom. The Labute approximate surface area is 199 Å². The largest absolute Gasteiger partial charge is 0.292 e. The lowest BCUT2D eigenvalue weighted by molar-refractivity contribution is 0.0949. The van der Waals surface area contributed by atoms with Crippen molar-refractivity contribution in [2.45, 2.75) is 26.8 Å². The molecule has 33 heavy (non-hydrogen) atoms. The number of fused-ring (bicyclic) bond motifs is 1. The summed E-state index contributed by atoms with van der Waals surface area (Å²) < 4.78 is 2.85. The van der Waals surface area contributed by atoms with E-state index in [0.29, 0.717) is 50.9 Å². The number of nitrogens with one attached hydrogen (secondary N) is 1. The summed E-state index contributed by atoms with van der Waals surface area (Å²) in [7, 11) is 0. The summed E-state index contributed by atoms with van der Waals surface area (Å²) in [5.41, 5.74) is 4.23. The fraction of sp³-hybridized carbons (Fsp3) is 0.174. The maximum atomic E-state index is 12.9. The summed E-state index contributed by atoms with van der Waals surface area (Å²) in [6.45, 7) is 4.12. The van der Waals surface area contributed by atoms with Crippen LogP contribution in [-0.4, -0.2) is 31.7 Å². The molecule has 2 aromatic carbocycles. The molecular formula is C23H20Cl2N6O2. The topological polar surface area (TPSA) is 94.2 Å². The highest BCUT2D eigenvalue weighted by molar-refractivity contribution is 6.32. The Balaban J connectivity index is 1.63. The SMILES string of the molecule is CCCn1nc(C(=O)N/N=C/c2c(C)nn(-c3cccc(Cl)c3)c2Cl)c2ccccc2c1=O. The molecule has 168 valence electrons. The Bertz CT molecular complexity index is 1440. The van der Waals surface area contributed by atoms with E-state index in [0.717, 1.165) is 0 Å². The third-order valence-corrected chi connectivity index (χ3v) is 5.58. The zero-order chi connectivity index (χ0) is 23.5. The Kier molecular flexibility index (Phi) is 6.57. The summed E-state index contributed by atoms with van der Waals surface area (Å²) in [6, 6.07) is 14.0. The van der Waals surface area contributed by atoms with Crippen molar-refractivity contribution in [3.8, 4) is 5.69 Å². The molecule has 4 aromatic rings. The first-order valence-electron chi connectivity index (χ1n) is 10.2. The van der Waals surface area contributed by atoms with Gasteiger partial charge in [-0.05, 0) is 37.6 Å². The van der Waals surface area contributed by atoms with Crippen LogP contribution in [-0.2, 0) is 6.54 Å². The predicted octanol–water partition coefficient (Wildman–Crippen LogP) is 4.37. The number of carbonyl (C=O) groups is 1. The van der Waals surface area contributed by atoms with Crippen molar-refractivity contribution >= 4 is 46.1 Å². The second kappa shape index (κ2) is 9.56. The zero-order valence-corrected chi connectivity index (χ0v) is 19.4. The molecule has 0 unspecified atom stereocenters. The average molecular weight is 483 g/mol. The molecule has 0 aliphatic rings. The van der Waals surface area contributed by atoms with E-state index in [-0.39, 0.29) is 11.3 Å². The van der Waals surface area contributed by atoms with E-state index in [1.54, 1.807) is 54.1 Å². The lowest BCUT2D eigenvalue weighted by Crippen LogP contribution is -2.29. The third-order valence-electron chi connectivity index (χ3n) is 4.98. The summed E-state index contributed by atoms with van der Waals surface area (Å²) >= 11 is 12.6. The molecule has 4 rings (SSSR count). The number of halogens is 2. The Morgan fingerprint density at radius 2 is 1.88 bits per heavy atom. The fourth-order valence-electron chi connectivity index (χ4n) is 3.41. The molecule has 0 saturated carbocycles. The van der Waals surface area contributed by atoms with Gasteiger partial charge in [0.15, 0.2) is 5.69 Å². The van der Waals surface area contributed by atoms with Crippen molar-refractivity contribution in [1.82, 2.24) is 25.0 Å². The molecule has 2 heterocycles. The summed E-state index contributed by atoms with van der Waals surface area (Å²) in [4.78, 5) is 25.5. The lowest BCUT2D eigenvalue weighted by atomic mass is 10.1. The van der Waals surface area contributed by atoms with Crippen molar-refractivity contribution in [2.24, 2.45) is 5.10 Å². The molecule has 0 aliphatic heterocycles. The first kappa shape index (κ1) is 22.7. The number of carbonyl (C=O) groups excluding carboxylic acids is 1. The second-order valence-electron chi connectivity index (χ2n) is 7.30. The van der Waals surface area contributed by atoms with E-state index < -0.39 is 5.91 Å². The van der Waals surface area contributed by atoms with E-state index >= 15 is 0 Å². The molecular weight excluding hydrogens is 463 g/mol. The van der Waals surface area contributed by atoms with Crippen LogP contribution >= 0.6 is 23.2 Å². The van der Waals surface area contributed by atoms with Crippen molar-refractivity contribution in [3.05, 3.63) is 86.0 Å². The van der Waals surface area contributed by atoms with E-state index in [2.05, 4.69) is 20.7 Å². The monoisotopic (exact) mass is 482 g/mol. The highest BCUT2D eigenvalue weighted by Crippen LogP contribution is 2.23. The minimum atomic E-state index is -0.539. The van der Waals surface area contributed by atoms with Gasteiger partial charge >= 0.3 is 0 Å². The van der Waals surface area contributed by atoms with Crippen LogP contribution in [0.15, 0.2) is 58.4 Å². The van der Waals surface area contributed by atoms with Crippen LogP contribution in [0.25, 0.3) is 16.5 Å². The summed E-state index contributed by atoms with van der Waals surface area (Å²) in [6.07, 6.45) is 2.13. The van der Waals surface area contributed by atoms with Gasteiger partial charge in [0.25, 0.3) is 11.5 Å². The van der Waals surface area contributed by atoms with Gasteiger partial charge in [-0.2, -0.15) is 15.3 Å². The van der Waals surface area contributed by atoms with Gasteiger partial charge in [-0.1, -0.05) is 54.4 Å². The molecule has 1 amide bonds. The smallest absolute Gasteiger partial charge is 0.267 e. The molecule has 10 heteroatoms. The fourth-order valence-corrected chi connectivity index (χ4v) is 3.92. The van der Waals surface area contributed by atoms with Crippen molar-refractivity contribution in [3.63, 3.8) is 0 Å². The van der Waals surface area contributed by atoms with Crippen LogP contribution in [0.1, 0.15) is 35.1 Å². The van der Waals surface area contributed by atoms with E-state index in [1.165, 1.54) is 10.9 Å². The van der Waals surface area contributed by atoms with Crippen molar-refractivity contribution in [1.29, 1.82) is 0 Å². The number of amides is 1. The van der Waals surface area contributed by atoms with Gasteiger partial charge in [-0.3, -0.25) is 9.59 Å². The first-order chi connectivity index (χ1) is 15.9. The van der Waals surface area contributed by atoms with Crippen LogP contribution in [0.3, 0.4) is 0 Å². The number of benzene rings is 2. The molecule has 1 N–H and O–H groups in total. The average Bonchev–Trinajstić information content (AvgIpc) is 3.09. The predicted molar refractivity (Wildman–Crippen MR) is 130 cm³/mol. The van der Waals surface area contributed by atoms with Gasteiger partial charge in [0.05, 0.1) is 28.5 Å². The van der Waals surface area contributed by atoms with Gasteiger partial charge in [0.2, 0.25) is 0 Å². The van der Waals surface area contributed by atoms with E-state index in [4.69, 9.17) is 23.2 Å². The van der Waals surface area contributed by atoms with Crippen LogP contribution in [0.4, 0.5) is 0 Å². The van der Waals surface area contributed by atoms with Gasteiger partial charge in [-0.25, -0.2) is 14.8 Å². The Hall–Kier alpha value is -3.49. The van der Waals surface area contributed by atoms with E-state index in [1.807, 2.05) is 13.0 Å². The number of aryl methyl sites for hydroxylation is 2. The number of hydrogen-bond donors (Lipinski definition) is 1. The maximum Gasteiger partial charge on any atom is 0.292 e. The highest BCUT2D eigenvalue weighted by Gasteiger charge is 2.17. The number of nitrogens with zero attached hydrogens (tertiary/aromatic N) is 5. The Morgan fingerprint density at radius 3 is 2.61 bits per heavy atom. The van der Waals surface area contributed by atoms with Crippen LogP contribution in [0, 0.1) is 6.92 Å². The standard InChI is InChI=1S/C23H20Cl2N6O2/c1-3-11-30-23(33)18-10-5-4-9-17(18)20(29-30)22(32)27-26-13-19-14(2)28-31(21(19)25)16-8-6-7-15(24)12-16/h4-10,12-13H,3,11H2,1-2H3,(H,27,32)/b26-13+. The van der Waals surface area contributed by atoms with Crippen molar-refractivity contribution in [2.75, 3.05) is 0 Å². The number of aromatic nitrogens is 4. The third kappa shape index (κ3) is 4.53. The van der Waals surface area contributed by atoms with Crippen LogP contribution < -0.4 is 11.0 Å². The quantitative estimate of drug-likeness (QED) is 0.326. The molecule has 0 fully saturated rings. The highest BCUT2D eigenvalue weighted by atomic mass is 35.5. The van der Waals surface area contributed by atoms with Gasteiger partial charge in [0, 0.05) is 17.0 Å². The van der Waals surface area contributed by atoms with Gasteiger partial charge in [-0.15, -0.1) is 0 Å². The number of hydrogen-bond acceptors (Lipinski definition) is 5. The zero-order valence-electron chi connectivity index (χ0n) is 17.9. The first-order valence-corrected chi connectivity index (χ1v) is 11.0. The maximum absolute atomic E-state index is 12.9. The molecule has 0 atom stereocenters. The molecule has 2 aromatic heterocycles. The number of rotatable bonds is 6.